The van der Waals surface area contributed by atoms with Gasteiger partial charge in [-0.3, -0.25) is 0 Å². The average Bonchev–Trinajstić information content (AvgIpc) is 2.76. The van der Waals surface area contributed by atoms with Crippen LogP contribution in [0.1, 0.15) is 24.6 Å². The van der Waals surface area contributed by atoms with Crippen LogP contribution in [0.5, 0.6) is 0 Å². The first kappa shape index (κ1) is 12.1. The molecular weight excluding hydrogens is 216 g/mol. The van der Waals surface area contributed by atoms with E-state index in [0.717, 1.165) is 18.6 Å². The maximum Gasteiger partial charge on any atom is 0.00941 e. The molecule has 16 heavy (non-hydrogen) atoms. The number of hydrogen-bond donors (Lipinski definition) is 1. The van der Waals surface area contributed by atoms with Gasteiger partial charge in [0.2, 0.25) is 0 Å². The Kier molecular flexibility index (Phi) is 4.38. The zero-order chi connectivity index (χ0) is 11.4. The van der Waals surface area contributed by atoms with Crippen molar-refractivity contribution >= 4 is 11.3 Å². The Morgan fingerprint density at radius 1 is 1.56 bits per heavy atom. The zero-order valence-corrected chi connectivity index (χ0v) is 11.1. The summed E-state index contributed by atoms with van der Waals surface area (Å²) in [6, 6.07) is 5.82. The minimum absolute atomic E-state index is 0.728. The number of nitrogens with one attached hydrogen (secondary N) is 1. The first-order valence-electron chi connectivity index (χ1n) is 6.21. The molecule has 0 radical (unpaired) electrons. The van der Waals surface area contributed by atoms with E-state index in [1.54, 1.807) is 0 Å². The molecule has 0 aromatic carbocycles. The molecule has 2 unspecified atom stereocenters. The van der Waals surface area contributed by atoms with Gasteiger partial charge in [-0.2, -0.15) is 0 Å². The summed E-state index contributed by atoms with van der Waals surface area (Å²) in [7, 11) is 2.23. The summed E-state index contributed by atoms with van der Waals surface area (Å²) in [5.41, 5.74) is 0. The van der Waals surface area contributed by atoms with E-state index in [-0.39, 0.29) is 0 Å². The van der Waals surface area contributed by atoms with Crippen LogP contribution in [0.25, 0.3) is 0 Å². The van der Waals surface area contributed by atoms with E-state index >= 15 is 0 Å². The van der Waals surface area contributed by atoms with Crippen molar-refractivity contribution in [3.63, 3.8) is 0 Å². The first-order chi connectivity index (χ1) is 7.75. The van der Waals surface area contributed by atoms with Crippen molar-refractivity contribution in [3.05, 3.63) is 22.4 Å². The standard InChI is InChI=1S/C13H22N2S/c1-11-10-12(6-8-15(11)2)14-7-5-13-4-3-9-16-13/h3-4,9,11-12,14H,5-8,10H2,1-2H3. The highest BCUT2D eigenvalue weighted by Gasteiger charge is 2.21. The van der Waals surface area contributed by atoms with Crippen LogP contribution in [0.4, 0.5) is 0 Å². The SMILES string of the molecule is CC1CC(NCCc2cccs2)CCN1C. The predicted molar refractivity (Wildman–Crippen MR) is 71.1 cm³/mol. The topological polar surface area (TPSA) is 15.3 Å². The van der Waals surface area contributed by atoms with Gasteiger partial charge in [0, 0.05) is 23.5 Å². The summed E-state index contributed by atoms with van der Waals surface area (Å²) in [5.74, 6) is 0. The number of rotatable bonds is 4. The summed E-state index contributed by atoms with van der Waals surface area (Å²) < 4.78 is 0. The molecule has 0 aliphatic carbocycles. The van der Waals surface area contributed by atoms with Gasteiger partial charge >= 0.3 is 0 Å². The van der Waals surface area contributed by atoms with Gasteiger partial charge in [-0.05, 0) is 51.2 Å². The monoisotopic (exact) mass is 238 g/mol. The van der Waals surface area contributed by atoms with Crippen LogP contribution in [-0.2, 0) is 6.42 Å². The predicted octanol–water partition coefficient (Wildman–Crippen LogP) is 2.36. The van der Waals surface area contributed by atoms with E-state index in [1.165, 1.54) is 30.7 Å². The summed E-state index contributed by atoms with van der Waals surface area (Å²) in [5, 5.41) is 5.85. The van der Waals surface area contributed by atoms with Gasteiger partial charge in [0.25, 0.3) is 0 Å². The van der Waals surface area contributed by atoms with Gasteiger partial charge in [-0.25, -0.2) is 0 Å². The van der Waals surface area contributed by atoms with Crippen LogP contribution >= 0.6 is 11.3 Å². The molecule has 1 aromatic rings. The van der Waals surface area contributed by atoms with E-state index in [9.17, 15) is 0 Å². The Morgan fingerprint density at radius 2 is 2.44 bits per heavy atom. The molecule has 2 atom stereocenters. The van der Waals surface area contributed by atoms with Crippen molar-refractivity contribution in [1.29, 1.82) is 0 Å². The highest BCUT2D eigenvalue weighted by atomic mass is 32.1. The van der Waals surface area contributed by atoms with Gasteiger partial charge < -0.3 is 10.2 Å². The van der Waals surface area contributed by atoms with Gasteiger partial charge in [0.15, 0.2) is 0 Å². The van der Waals surface area contributed by atoms with Crippen molar-refractivity contribution < 1.29 is 0 Å². The van der Waals surface area contributed by atoms with Crippen LogP contribution < -0.4 is 5.32 Å². The second-order valence-corrected chi connectivity index (χ2v) is 5.87. The van der Waals surface area contributed by atoms with Crippen LogP contribution in [0.15, 0.2) is 17.5 Å². The fraction of sp³-hybridized carbons (Fsp3) is 0.692. The number of likely N-dealkylation sites (tertiary alicyclic amines) is 1. The second-order valence-electron chi connectivity index (χ2n) is 4.83. The normalized spacial score (nSPS) is 27.1. The third-order valence-electron chi connectivity index (χ3n) is 3.59. The average molecular weight is 238 g/mol. The molecule has 0 amide bonds. The first-order valence-corrected chi connectivity index (χ1v) is 7.09. The number of piperidine rings is 1. The molecule has 1 aliphatic heterocycles. The lowest BCUT2D eigenvalue weighted by Gasteiger charge is -2.35. The fourth-order valence-corrected chi connectivity index (χ4v) is 3.04. The molecule has 0 spiro atoms. The smallest absolute Gasteiger partial charge is 0.00941 e. The van der Waals surface area contributed by atoms with Gasteiger partial charge in [-0.1, -0.05) is 6.07 Å². The molecule has 0 saturated carbocycles. The molecule has 0 bridgehead atoms. The van der Waals surface area contributed by atoms with Crippen molar-refractivity contribution in [2.45, 2.75) is 38.3 Å². The van der Waals surface area contributed by atoms with Crippen molar-refractivity contribution in [3.8, 4) is 0 Å². The molecule has 1 aromatic heterocycles. The van der Waals surface area contributed by atoms with Gasteiger partial charge in [0.1, 0.15) is 0 Å². The molecule has 2 rings (SSSR count). The maximum atomic E-state index is 3.69. The largest absolute Gasteiger partial charge is 0.314 e. The molecule has 2 heterocycles. The van der Waals surface area contributed by atoms with Crippen LogP contribution in [0.2, 0.25) is 0 Å². The van der Waals surface area contributed by atoms with Gasteiger partial charge in [-0.15, -0.1) is 11.3 Å². The van der Waals surface area contributed by atoms with Crippen LogP contribution in [-0.4, -0.2) is 37.1 Å². The molecule has 1 N–H and O–H groups in total. The second kappa shape index (κ2) is 5.80. The van der Waals surface area contributed by atoms with E-state index in [4.69, 9.17) is 0 Å². The summed E-state index contributed by atoms with van der Waals surface area (Å²) >= 11 is 1.86. The lowest BCUT2D eigenvalue weighted by Crippen LogP contribution is -2.45. The lowest BCUT2D eigenvalue weighted by molar-refractivity contribution is 0.169. The Balaban J connectivity index is 1.67. The molecule has 1 aliphatic rings. The van der Waals surface area contributed by atoms with Crippen molar-refractivity contribution in [1.82, 2.24) is 10.2 Å². The third-order valence-corrected chi connectivity index (χ3v) is 4.53. The van der Waals surface area contributed by atoms with Crippen molar-refractivity contribution in [2.24, 2.45) is 0 Å². The number of nitrogens with zero attached hydrogens (tertiary/aromatic N) is 1. The van der Waals surface area contributed by atoms with E-state index in [1.807, 2.05) is 11.3 Å². The Hall–Kier alpha value is -0.380. The molecule has 1 saturated heterocycles. The fourth-order valence-electron chi connectivity index (χ4n) is 2.33. The molecule has 1 fully saturated rings. The highest BCUT2D eigenvalue weighted by Crippen LogP contribution is 2.15. The minimum atomic E-state index is 0.728. The zero-order valence-electron chi connectivity index (χ0n) is 10.3. The summed E-state index contributed by atoms with van der Waals surface area (Å²) in [4.78, 5) is 3.95. The molecule has 3 heteroatoms. The van der Waals surface area contributed by atoms with E-state index in [2.05, 4.69) is 41.7 Å². The van der Waals surface area contributed by atoms with Gasteiger partial charge in [0.05, 0.1) is 0 Å². The Bertz CT molecular complexity index is 297. The van der Waals surface area contributed by atoms with E-state index < -0.39 is 0 Å². The van der Waals surface area contributed by atoms with Crippen molar-refractivity contribution in [2.75, 3.05) is 20.1 Å². The van der Waals surface area contributed by atoms with Crippen LogP contribution in [0, 0.1) is 0 Å². The maximum absolute atomic E-state index is 3.69. The van der Waals surface area contributed by atoms with Crippen LogP contribution in [0.3, 0.4) is 0 Å². The summed E-state index contributed by atoms with van der Waals surface area (Å²) in [6.45, 7) is 4.69. The number of hydrogen-bond acceptors (Lipinski definition) is 3. The minimum Gasteiger partial charge on any atom is -0.314 e. The lowest BCUT2D eigenvalue weighted by atomic mass is 9.99. The number of thiophene rings is 1. The summed E-state index contributed by atoms with van der Waals surface area (Å²) in [6.07, 6.45) is 3.77. The van der Waals surface area contributed by atoms with E-state index in [0.29, 0.717) is 0 Å². The quantitative estimate of drug-likeness (QED) is 0.866. The Morgan fingerprint density at radius 3 is 3.12 bits per heavy atom. The molecular formula is C13H22N2S. The highest BCUT2D eigenvalue weighted by molar-refractivity contribution is 7.09. The third kappa shape index (κ3) is 3.30. The molecule has 90 valence electrons. The molecule has 2 nitrogen and oxygen atoms in total. The Labute approximate surface area is 103 Å².